The molecule has 0 aliphatic rings. The average molecular weight is 434 g/mol. The van der Waals surface area contributed by atoms with Crippen LogP contribution in [0, 0.1) is 0 Å². The van der Waals surface area contributed by atoms with E-state index in [0.717, 1.165) is 12.0 Å². The summed E-state index contributed by atoms with van der Waals surface area (Å²) in [5.74, 6) is 2.29. The zero-order chi connectivity index (χ0) is 22.5. The first kappa shape index (κ1) is 24.3. The number of nitrogens with one attached hydrogen (secondary N) is 1. The second-order valence-electron chi connectivity index (χ2n) is 6.59. The predicted octanol–water partition coefficient (Wildman–Crippen LogP) is 3.07. The number of amides is 1. The first-order valence-electron chi connectivity index (χ1n) is 9.99. The molecule has 0 spiro atoms. The predicted molar refractivity (Wildman–Crippen MR) is 117 cm³/mol. The molecule has 0 saturated heterocycles. The minimum absolute atomic E-state index is 0.212. The Bertz CT molecular complexity index is 803. The van der Waals surface area contributed by atoms with E-state index in [2.05, 4.69) is 5.32 Å². The topological polar surface area (TPSA) is 84.5 Å². The number of carbonyl (C=O) groups excluding carboxylic acids is 1. The van der Waals surface area contributed by atoms with E-state index < -0.39 is 0 Å². The smallest absolute Gasteiger partial charge is 0.251 e. The molecule has 8 heteroatoms. The standard InChI is InChI=1S/C23H31NO7/c1-26-9-5-10-31-22-14-18(6-7-21(22)29-4)23(25)24-8-11-30-16-17-12-19(27-2)15-20(13-17)28-3/h6-7,12-15H,5,8-11,16H2,1-4H3,(H,24,25). The molecule has 2 aromatic carbocycles. The number of benzene rings is 2. The Morgan fingerprint density at radius 1 is 0.839 bits per heavy atom. The van der Waals surface area contributed by atoms with Crippen molar-refractivity contribution in [1.29, 1.82) is 0 Å². The van der Waals surface area contributed by atoms with Crippen LogP contribution in [0.25, 0.3) is 0 Å². The van der Waals surface area contributed by atoms with Crippen LogP contribution in [0.5, 0.6) is 23.0 Å². The van der Waals surface area contributed by atoms with Gasteiger partial charge in [0.25, 0.3) is 5.91 Å². The molecule has 0 heterocycles. The lowest BCUT2D eigenvalue weighted by atomic mass is 10.2. The summed E-state index contributed by atoms with van der Waals surface area (Å²) in [5, 5.41) is 2.84. The monoisotopic (exact) mass is 433 g/mol. The average Bonchev–Trinajstić information content (AvgIpc) is 2.81. The van der Waals surface area contributed by atoms with Crippen molar-refractivity contribution in [3.05, 3.63) is 47.5 Å². The number of ether oxygens (including phenoxy) is 6. The number of carbonyl (C=O) groups is 1. The molecule has 0 atom stereocenters. The van der Waals surface area contributed by atoms with Crippen molar-refractivity contribution < 1.29 is 33.2 Å². The Morgan fingerprint density at radius 2 is 1.58 bits per heavy atom. The van der Waals surface area contributed by atoms with Gasteiger partial charge in [0.1, 0.15) is 11.5 Å². The maximum absolute atomic E-state index is 12.5. The van der Waals surface area contributed by atoms with Gasteiger partial charge in [0.2, 0.25) is 0 Å². The lowest BCUT2D eigenvalue weighted by Crippen LogP contribution is -2.27. The molecule has 0 radical (unpaired) electrons. The quantitative estimate of drug-likeness (QED) is 0.458. The summed E-state index contributed by atoms with van der Waals surface area (Å²) in [6, 6.07) is 10.6. The third-order valence-electron chi connectivity index (χ3n) is 4.39. The molecule has 0 unspecified atom stereocenters. The second kappa shape index (κ2) is 13.4. The second-order valence-corrected chi connectivity index (χ2v) is 6.59. The first-order chi connectivity index (χ1) is 15.1. The highest BCUT2D eigenvalue weighted by Gasteiger charge is 2.11. The van der Waals surface area contributed by atoms with Crippen molar-refractivity contribution >= 4 is 5.91 Å². The number of hydrogen-bond acceptors (Lipinski definition) is 7. The summed E-state index contributed by atoms with van der Waals surface area (Å²) in [5.41, 5.74) is 1.41. The van der Waals surface area contributed by atoms with Crippen LogP contribution in [0.2, 0.25) is 0 Å². The van der Waals surface area contributed by atoms with Gasteiger partial charge in [-0.3, -0.25) is 4.79 Å². The molecule has 170 valence electrons. The SMILES string of the molecule is COCCCOc1cc(C(=O)NCCOCc2cc(OC)cc(OC)c2)ccc1OC. The largest absolute Gasteiger partial charge is 0.497 e. The highest BCUT2D eigenvalue weighted by atomic mass is 16.5. The summed E-state index contributed by atoms with van der Waals surface area (Å²) in [7, 11) is 6.41. The number of rotatable bonds is 14. The van der Waals surface area contributed by atoms with E-state index in [-0.39, 0.29) is 5.91 Å². The third kappa shape index (κ3) is 7.99. The zero-order valence-corrected chi connectivity index (χ0v) is 18.6. The zero-order valence-electron chi connectivity index (χ0n) is 18.6. The van der Waals surface area contributed by atoms with Crippen molar-refractivity contribution in [2.45, 2.75) is 13.0 Å². The van der Waals surface area contributed by atoms with Gasteiger partial charge in [-0.1, -0.05) is 0 Å². The molecule has 2 rings (SSSR count). The Labute approximate surface area is 183 Å². The lowest BCUT2D eigenvalue weighted by molar-refractivity contribution is 0.0900. The van der Waals surface area contributed by atoms with Crippen LogP contribution >= 0.6 is 0 Å². The number of hydrogen-bond donors (Lipinski definition) is 1. The summed E-state index contributed by atoms with van der Waals surface area (Å²) >= 11 is 0. The minimum Gasteiger partial charge on any atom is -0.497 e. The summed E-state index contributed by atoms with van der Waals surface area (Å²) < 4.78 is 32.2. The fourth-order valence-corrected chi connectivity index (χ4v) is 2.79. The van der Waals surface area contributed by atoms with Crippen LogP contribution in [0.3, 0.4) is 0 Å². The van der Waals surface area contributed by atoms with E-state index in [4.69, 9.17) is 28.4 Å². The molecule has 1 N–H and O–H groups in total. The molecule has 2 aromatic rings. The van der Waals surface area contributed by atoms with E-state index in [1.54, 1.807) is 52.7 Å². The molecular weight excluding hydrogens is 402 g/mol. The molecule has 1 amide bonds. The molecule has 0 aliphatic carbocycles. The normalized spacial score (nSPS) is 10.5. The van der Waals surface area contributed by atoms with Crippen LogP contribution < -0.4 is 24.3 Å². The van der Waals surface area contributed by atoms with Gasteiger partial charge in [-0.05, 0) is 35.9 Å². The van der Waals surface area contributed by atoms with Gasteiger partial charge in [0.05, 0.1) is 41.2 Å². The van der Waals surface area contributed by atoms with Crippen molar-refractivity contribution in [3.8, 4) is 23.0 Å². The van der Waals surface area contributed by atoms with Gasteiger partial charge in [-0.25, -0.2) is 0 Å². The Morgan fingerprint density at radius 3 is 2.23 bits per heavy atom. The van der Waals surface area contributed by atoms with Crippen molar-refractivity contribution in [3.63, 3.8) is 0 Å². The molecule has 0 saturated carbocycles. The van der Waals surface area contributed by atoms with Gasteiger partial charge < -0.3 is 33.7 Å². The van der Waals surface area contributed by atoms with Gasteiger partial charge in [-0.2, -0.15) is 0 Å². The summed E-state index contributed by atoms with van der Waals surface area (Å²) in [4.78, 5) is 12.5. The van der Waals surface area contributed by atoms with Crippen molar-refractivity contribution in [1.82, 2.24) is 5.32 Å². The molecule has 8 nitrogen and oxygen atoms in total. The summed E-state index contributed by atoms with van der Waals surface area (Å²) in [6.07, 6.45) is 0.743. The van der Waals surface area contributed by atoms with Crippen molar-refractivity contribution in [2.24, 2.45) is 0 Å². The molecule has 0 fully saturated rings. The Balaban J connectivity index is 1.81. The van der Waals surface area contributed by atoms with Gasteiger partial charge in [0.15, 0.2) is 11.5 Å². The van der Waals surface area contributed by atoms with Crippen LogP contribution in [0.4, 0.5) is 0 Å². The molecule has 0 aliphatic heterocycles. The fraction of sp³-hybridized carbons (Fsp3) is 0.435. The molecule has 0 aromatic heterocycles. The lowest BCUT2D eigenvalue weighted by Gasteiger charge is -2.13. The third-order valence-corrected chi connectivity index (χ3v) is 4.39. The maximum atomic E-state index is 12.5. The van der Waals surface area contributed by atoms with Crippen molar-refractivity contribution in [2.75, 3.05) is 54.8 Å². The van der Waals surface area contributed by atoms with Gasteiger partial charge in [-0.15, -0.1) is 0 Å². The maximum Gasteiger partial charge on any atom is 0.251 e. The van der Waals surface area contributed by atoms with E-state index in [9.17, 15) is 4.79 Å². The highest BCUT2D eigenvalue weighted by molar-refractivity contribution is 5.94. The van der Waals surface area contributed by atoms with Crippen LogP contribution in [0.15, 0.2) is 36.4 Å². The molecule has 0 bridgehead atoms. The van der Waals surface area contributed by atoms with Crippen LogP contribution in [-0.4, -0.2) is 60.7 Å². The van der Waals surface area contributed by atoms with E-state index in [1.165, 1.54) is 0 Å². The fourth-order valence-electron chi connectivity index (χ4n) is 2.79. The molecule has 31 heavy (non-hydrogen) atoms. The highest BCUT2D eigenvalue weighted by Crippen LogP contribution is 2.28. The summed E-state index contributed by atoms with van der Waals surface area (Å²) in [6.45, 7) is 2.19. The van der Waals surface area contributed by atoms with Gasteiger partial charge >= 0.3 is 0 Å². The molecular formula is C23H31NO7. The number of methoxy groups -OCH3 is 4. The van der Waals surface area contributed by atoms with E-state index in [1.807, 2.05) is 12.1 Å². The van der Waals surface area contributed by atoms with Crippen LogP contribution in [-0.2, 0) is 16.1 Å². The Kier molecular flexibility index (Phi) is 10.5. The Hall–Kier alpha value is -2.97. The van der Waals surface area contributed by atoms with E-state index in [0.29, 0.717) is 61.5 Å². The van der Waals surface area contributed by atoms with Crippen LogP contribution in [0.1, 0.15) is 22.3 Å². The van der Waals surface area contributed by atoms with E-state index >= 15 is 0 Å². The minimum atomic E-state index is -0.212. The first-order valence-corrected chi connectivity index (χ1v) is 9.99. The van der Waals surface area contributed by atoms with Gasteiger partial charge in [0, 0.05) is 38.3 Å².